The van der Waals surface area contributed by atoms with Gasteiger partial charge in [0.1, 0.15) is 0 Å². The number of aryl methyl sites for hydroxylation is 4. The van der Waals surface area contributed by atoms with Crippen molar-refractivity contribution >= 4 is 5.97 Å². The first-order valence-electron chi connectivity index (χ1n) is 12.8. The van der Waals surface area contributed by atoms with Crippen LogP contribution in [0.2, 0.25) is 0 Å². The van der Waals surface area contributed by atoms with E-state index in [-0.39, 0.29) is 11.8 Å². The lowest BCUT2D eigenvalue weighted by Gasteiger charge is -2.36. The van der Waals surface area contributed by atoms with Gasteiger partial charge >= 0.3 is 5.97 Å². The first-order chi connectivity index (χ1) is 17.7. The van der Waals surface area contributed by atoms with Gasteiger partial charge < -0.3 is 9.63 Å². The van der Waals surface area contributed by atoms with Crippen LogP contribution in [0.5, 0.6) is 0 Å². The largest absolute Gasteiger partial charge is 0.481 e. The number of nitrogens with zero attached hydrogens (tertiary/aromatic N) is 3. The minimum Gasteiger partial charge on any atom is -0.481 e. The average molecular weight is 496 g/mol. The summed E-state index contributed by atoms with van der Waals surface area (Å²) in [5.41, 5.74) is 9.39. The second-order valence-electron chi connectivity index (χ2n) is 10.6. The summed E-state index contributed by atoms with van der Waals surface area (Å²) >= 11 is 0. The molecular formula is C31H33N3O3. The molecule has 0 amide bonds. The summed E-state index contributed by atoms with van der Waals surface area (Å²) in [6.45, 7) is 10.4. The first kappa shape index (κ1) is 24.9. The molecule has 1 atom stereocenters. The Bertz CT molecular complexity index is 1380. The number of hydrogen-bond acceptors (Lipinski definition) is 5. The van der Waals surface area contributed by atoms with E-state index in [1.54, 1.807) is 0 Å². The van der Waals surface area contributed by atoms with E-state index >= 15 is 0 Å². The standard InChI is InChI=1S/C31H33N3O3/c1-19-9-20(2)12-24(11-19)15-28(26-13-21(3)10-22(4)14-26)30-32-29(33-37-30)25-7-5-23(6-8-25)16-34-17-27(18-34)31(35)36/h5-14,27-28H,15-18H2,1-4H3,(H,35,36). The van der Waals surface area contributed by atoms with Gasteiger partial charge in [-0.15, -0.1) is 0 Å². The van der Waals surface area contributed by atoms with E-state index in [9.17, 15) is 4.79 Å². The summed E-state index contributed by atoms with van der Waals surface area (Å²) in [5.74, 6) is 0.186. The molecule has 1 unspecified atom stereocenters. The zero-order chi connectivity index (χ0) is 26.1. The zero-order valence-corrected chi connectivity index (χ0v) is 21.9. The molecule has 1 aliphatic rings. The molecule has 5 rings (SSSR count). The maximum atomic E-state index is 11.0. The number of carboxylic acids is 1. The quantitative estimate of drug-likeness (QED) is 0.330. The molecule has 0 radical (unpaired) electrons. The fraction of sp³-hybridized carbons (Fsp3) is 0.323. The number of aromatic nitrogens is 2. The Balaban J connectivity index is 1.38. The van der Waals surface area contributed by atoms with Crippen LogP contribution in [0.1, 0.15) is 50.8 Å². The van der Waals surface area contributed by atoms with Crippen molar-refractivity contribution < 1.29 is 14.4 Å². The van der Waals surface area contributed by atoms with E-state index in [1.165, 1.54) is 33.4 Å². The highest BCUT2D eigenvalue weighted by molar-refractivity contribution is 5.71. The van der Waals surface area contributed by atoms with Gasteiger partial charge in [-0.25, -0.2) is 0 Å². The number of benzene rings is 3. The van der Waals surface area contributed by atoms with Crippen molar-refractivity contribution in [3.63, 3.8) is 0 Å². The van der Waals surface area contributed by atoms with Crippen molar-refractivity contribution in [3.8, 4) is 11.4 Å². The molecule has 6 nitrogen and oxygen atoms in total. The maximum Gasteiger partial charge on any atom is 0.309 e. The van der Waals surface area contributed by atoms with E-state index in [0.29, 0.717) is 24.8 Å². The van der Waals surface area contributed by atoms with E-state index in [2.05, 4.69) is 86.3 Å². The van der Waals surface area contributed by atoms with Crippen LogP contribution in [-0.4, -0.2) is 39.2 Å². The molecule has 6 heteroatoms. The number of likely N-dealkylation sites (tertiary alicyclic amines) is 1. The van der Waals surface area contributed by atoms with Crippen LogP contribution in [0.4, 0.5) is 0 Å². The lowest BCUT2D eigenvalue weighted by atomic mass is 9.89. The Morgan fingerprint density at radius 1 is 0.919 bits per heavy atom. The number of aliphatic carboxylic acids is 1. The molecule has 3 aromatic carbocycles. The van der Waals surface area contributed by atoms with Crippen LogP contribution in [0.3, 0.4) is 0 Å². The van der Waals surface area contributed by atoms with Crippen molar-refractivity contribution in [1.29, 1.82) is 0 Å². The lowest BCUT2D eigenvalue weighted by Crippen LogP contribution is -2.49. The van der Waals surface area contributed by atoms with E-state index in [1.807, 2.05) is 12.1 Å². The monoisotopic (exact) mass is 495 g/mol. The highest BCUT2D eigenvalue weighted by Crippen LogP contribution is 2.31. The van der Waals surface area contributed by atoms with Crippen LogP contribution >= 0.6 is 0 Å². The molecule has 1 fully saturated rings. The Morgan fingerprint density at radius 2 is 1.51 bits per heavy atom. The summed E-state index contributed by atoms with van der Waals surface area (Å²) in [6, 6.07) is 21.4. The minimum absolute atomic E-state index is 0.0473. The molecule has 1 aromatic heterocycles. The number of carbonyl (C=O) groups is 1. The minimum atomic E-state index is -0.712. The van der Waals surface area contributed by atoms with Crippen LogP contribution in [-0.2, 0) is 17.8 Å². The molecule has 4 aromatic rings. The van der Waals surface area contributed by atoms with Gasteiger partial charge in [0, 0.05) is 25.2 Å². The molecule has 1 saturated heterocycles. The van der Waals surface area contributed by atoms with Gasteiger partial charge in [-0.1, -0.05) is 88.1 Å². The van der Waals surface area contributed by atoms with Gasteiger partial charge in [-0.3, -0.25) is 9.69 Å². The van der Waals surface area contributed by atoms with Crippen LogP contribution in [0.25, 0.3) is 11.4 Å². The average Bonchev–Trinajstić information content (AvgIpc) is 3.28. The predicted octanol–water partition coefficient (Wildman–Crippen LogP) is 5.86. The van der Waals surface area contributed by atoms with Gasteiger partial charge in [-0.2, -0.15) is 4.98 Å². The smallest absolute Gasteiger partial charge is 0.309 e. The third kappa shape index (κ3) is 5.81. The van der Waals surface area contributed by atoms with E-state index in [0.717, 1.165) is 24.1 Å². The normalized spacial score (nSPS) is 14.9. The molecule has 37 heavy (non-hydrogen) atoms. The van der Waals surface area contributed by atoms with Crippen molar-refractivity contribution in [2.45, 2.75) is 46.6 Å². The number of carboxylic acid groups (broad SMARTS) is 1. The van der Waals surface area contributed by atoms with Crippen molar-refractivity contribution in [2.75, 3.05) is 13.1 Å². The SMILES string of the molecule is Cc1cc(C)cc(CC(c2cc(C)cc(C)c2)c2nc(-c3ccc(CN4CC(C(=O)O)C4)cc3)no2)c1. The van der Waals surface area contributed by atoms with Gasteiger partial charge in [0.2, 0.25) is 11.7 Å². The van der Waals surface area contributed by atoms with Gasteiger partial charge in [-0.05, 0) is 50.8 Å². The summed E-state index contributed by atoms with van der Waals surface area (Å²) in [6.07, 6.45) is 0.777. The summed E-state index contributed by atoms with van der Waals surface area (Å²) in [4.78, 5) is 18.0. The van der Waals surface area contributed by atoms with E-state index < -0.39 is 5.97 Å². The zero-order valence-electron chi connectivity index (χ0n) is 21.9. The van der Waals surface area contributed by atoms with Gasteiger partial charge in [0.05, 0.1) is 11.8 Å². The van der Waals surface area contributed by atoms with Crippen LogP contribution < -0.4 is 0 Å². The molecule has 2 heterocycles. The fourth-order valence-corrected chi connectivity index (χ4v) is 5.35. The van der Waals surface area contributed by atoms with Crippen LogP contribution in [0.15, 0.2) is 65.2 Å². The molecule has 0 saturated carbocycles. The third-order valence-electron chi connectivity index (χ3n) is 7.03. The fourth-order valence-electron chi connectivity index (χ4n) is 5.35. The highest BCUT2D eigenvalue weighted by Gasteiger charge is 2.32. The summed E-state index contributed by atoms with van der Waals surface area (Å²) in [5, 5.41) is 13.4. The van der Waals surface area contributed by atoms with Crippen molar-refractivity contribution in [1.82, 2.24) is 15.0 Å². The second kappa shape index (κ2) is 10.3. The molecule has 0 aliphatic carbocycles. The molecule has 190 valence electrons. The summed E-state index contributed by atoms with van der Waals surface area (Å²) in [7, 11) is 0. The number of rotatable bonds is 8. The molecule has 0 bridgehead atoms. The van der Waals surface area contributed by atoms with Crippen molar-refractivity contribution in [3.05, 3.63) is 105 Å². The van der Waals surface area contributed by atoms with Crippen LogP contribution in [0, 0.1) is 33.6 Å². The Morgan fingerprint density at radius 3 is 2.11 bits per heavy atom. The van der Waals surface area contributed by atoms with Crippen molar-refractivity contribution in [2.24, 2.45) is 5.92 Å². The molecule has 1 aliphatic heterocycles. The first-order valence-corrected chi connectivity index (χ1v) is 12.8. The molecular weight excluding hydrogens is 462 g/mol. The maximum absolute atomic E-state index is 11.0. The predicted molar refractivity (Wildman–Crippen MR) is 144 cm³/mol. The Hall–Kier alpha value is -3.77. The Labute approximate surface area is 218 Å². The second-order valence-corrected chi connectivity index (χ2v) is 10.6. The summed E-state index contributed by atoms with van der Waals surface area (Å²) < 4.78 is 5.88. The topological polar surface area (TPSA) is 79.5 Å². The lowest BCUT2D eigenvalue weighted by molar-refractivity contribution is -0.147. The highest BCUT2D eigenvalue weighted by atomic mass is 16.5. The molecule has 1 N–H and O–H groups in total. The van der Waals surface area contributed by atoms with E-state index in [4.69, 9.17) is 14.6 Å². The number of hydrogen-bond donors (Lipinski definition) is 1. The molecule has 0 spiro atoms. The Kier molecular flexibility index (Phi) is 6.94. The van der Waals surface area contributed by atoms with Gasteiger partial charge in [0.25, 0.3) is 0 Å². The van der Waals surface area contributed by atoms with Gasteiger partial charge in [0.15, 0.2) is 0 Å². The third-order valence-corrected chi connectivity index (χ3v) is 7.03.